The van der Waals surface area contributed by atoms with Crippen molar-refractivity contribution in [2.45, 2.75) is 50.8 Å². The third-order valence-corrected chi connectivity index (χ3v) is 5.68. The van der Waals surface area contributed by atoms with Crippen LogP contribution in [0.3, 0.4) is 0 Å². The highest BCUT2D eigenvalue weighted by Crippen LogP contribution is 2.31. The van der Waals surface area contributed by atoms with E-state index >= 15 is 0 Å². The molecule has 2 nitrogen and oxygen atoms in total. The molecule has 1 aliphatic carbocycles. The molecule has 1 aliphatic heterocycles. The molecule has 3 heteroatoms. The van der Waals surface area contributed by atoms with Gasteiger partial charge >= 0.3 is 0 Å². The maximum atomic E-state index is 6.32. The molecule has 2 aliphatic rings. The molecule has 2 N–H and O–H groups in total. The molecule has 0 aromatic heterocycles. The van der Waals surface area contributed by atoms with Crippen molar-refractivity contribution in [3.05, 3.63) is 0 Å². The van der Waals surface area contributed by atoms with Crippen molar-refractivity contribution in [1.29, 1.82) is 0 Å². The van der Waals surface area contributed by atoms with E-state index in [9.17, 15) is 0 Å². The molecule has 1 heterocycles. The van der Waals surface area contributed by atoms with E-state index in [1.165, 1.54) is 51.1 Å². The van der Waals surface area contributed by atoms with E-state index in [1.807, 2.05) is 0 Å². The summed E-state index contributed by atoms with van der Waals surface area (Å²) in [6.45, 7) is 8.48. The van der Waals surface area contributed by atoms with Crippen LogP contribution < -0.4 is 5.73 Å². The Kier molecular flexibility index (Phi) is 5.19. The molecule has 2 rings (SSSR count). The Morgan fingerprint density at radius 1 is 1.35 bits per heavy atom. The van der Waals surface area contributed by atoms with Gasteiger partial charge in [0.2, 0.25) is 0 Å². The third kappa shape index (κ3) is 3.87. The maximum absolute atomic E-state index is 6.32. The lowest BCUT2D eigenvalue weighted by Gasteiger charge is -2.39. The van der Waals surface area contributed by atoms with E-state index < -0.39 is 0 Å². The SMILES string of the molecule is CCC1CCC(N)C(CN2CCSC(C)C2)C1. The Hall–Kier alpha value is 0.270. The Morgan fingerprint density at radius 2 is 2.18 bits per heavy atom. The summed E-state index contributed by atoms with van der Waals surface area (Å²) in [5.74, 6) is 3.00. The smallest absolute Gasteiger partial charge is 0.0147 e. The normalized spacial score (nSPS) is 40.4. The van der Waals surface area contributed by atoms with Gasteiger partial charge in [-0.1, -0.05) is 20.3 Å². The molecule has 1 saturated carbocycles. The molecule has 0 radical (unpaired) electrons. The lowest BCUT2D eigenvalue weighted by atomic mass is 9.77. The highest BCUT2D eigenvalue weighted by Gasteiger charge is 2.29. The molecule has 0 aromatic carbocycles. The van der Waals surface area contributed by atoms with Crippen molar-refractivity contribution in [2.24, 2.45) is 17.6 Å². The number of hydrogen-bond acceptors (Lipinski definition) is 3. The van der Waals surface area contributed by atoms with E-state index in [1.54, 1.807) is 0 Å². The standard InChI is InChI=1S/C14H28N2S/c1-3-12-4-5-14(15)13(8-12)10-16-6-7-17-11(2)9-16/h11-14H,3-10,15H2,1-2H3. The van der Waals surface area contributed by atoms with Gasteiger partial charge in [-0.25, -0.2) is 0 Å². The van der Waals surface area contributed by atoms with E-state index in [2.05, 4.69) is 30.5 Å². The molecule has 2 fully saturated rings. The Labute approximate surface area is 111 Å². The van der Waals surface area contributed by atoms with Crippen molar-refractivity contribution >= 4 is 11.8 Å². The largest absolute Gasteiger partial charge is 0.327 e. The average Bonchev–Trinajstić information content (AvgIpc) is 2.32. The number of rotatable bonds is 3. The Bertz CT molecular complexity index is 234. The molecule has 0 aromatic rings. The van der Waals surface area contributed by atoms with Gasteiger partial charge < -0.3 is 10.6 Å². The van der Waals surface area contributed by atoms with Crippen LogP contribution in [0.5, 0.6) is 0 Å². The van der Waals surface area contributed by atoms with Gasteiger partial charge in [-0.05, 0) is 31.1 Å². The van der Waals surface area contributed by atoms with Crippen molar-refractivity contribution in [1.82, 2.24) is 4.90 Å². The summed E-state index contributed by atoms with van der Waals surface area (Å²) in [6.07, 6.45) is 5.33. The second-order valence-corrected chi connectivity index (χ2v) is 7.50. The topological polar surface area (TPSA) is 29.3 Å². The van der Waals surface area contributed by atoms with Gasteiger partial charge in [0.15, 0.2) is 0 Å². The van der Waals surface area contributed by atoms with Crippen LogP contribution >= 0.6 is 11.8 Å². The molecule has 4 unspecified atom stereocenters. The Morgan fingerprint density at radius 3 is 2.88 bits per heavy atom. The number of hydrogen-bond donors (Lipinski definition) is 1. The second-order valence-electron chi connectivity index (χ2n) is 5.95. The van der Waals surface area contributed by atoms with E-state index in [0.717, 1.165) is 17.1 Å². The van der Waals surface area contributed by atoms with Gasteiger partial charge in [0.05, 0.1) is 0 Å². The van der Waals surface area contributed by atoms with Gasteiger partial charge in [-0.3, -0.25) is 0 Å². The zero-order valence-corrected chi connectivity index (χ0v) is 12.2. The van der Waals surface area contributed by atoms with Gasteiger partial charge in [-0.2, -0.15) is 11.8 Å². The van der Waals surface area contributed by atoms with E-state index in [0.29, 0.717) is 6.04 Å². The van der Waals surface area contributed by atoms with Gasteiger partial charge in [0, 0.05) is 36.7 Å². The number of thioether (sulfide) groups is 1. The summed E-state index contributed by atoms with van der Waals surface area (Å²) < 4.78 is 0. The zero-order valence-electron chi connectivity index (χ0n) is 11.4. The molecule has 0 bridgehead atoms. The summed E-state index contributed by atoms with van der Waals surface area (Å²) in [4.78, 5) is 2.66. The minimum atomic E-state index is 0.461. The van der Waals surface area contributed by atoms with Crippen LogP contribution in [-0.2, 0) is 0 Å². The maximum Gasteiger partial charge on any atom is 0.0147 e. The first kappa shape index (κ1) is 13.7. The lowest BCUT2D eigenvalue weighted by Crippen LogP contribution is -2.46. The fourth-order valence-corrected chi connectivity index (χ4v) is 4.44. The summed E-state index contributed by atoms with van der Waals surface area (Å²) in [7, 11) is 0. The van der Waals surface area contributed by atoms with Crippen LogP contribution in [0.25, 0.3) is 0 Å². The first-order valence-electron chi connectivity index (χ1n) is 7.28. The molecular weight excluding hydrogens is 228 g/mol. The Balaban J connectivity index is 1.83. The van der Waals surface area contributed by atoms with Gasteiger partial charge in [0.1, 0.15) is 0 Å². The van der Waals surface area contributed by atoms with Crippen LogP contribution in [0.1, 0.15) is 39.5 Å². The summed E-state index contributed by atoms with van der Waals surface area (Å²) in [5.41, 5.74) is 6.32. The molecule has 0 amide bonds. The molecule has 100 valence electrons. The van der Waals surface area contributed by atoms with Crippen molar-refractivity contribution < 1.29 is 0 Å². The molecule has 1 saturated heterocycles. The predicted molar refractivity (Wildman–Crippen MR) is 77.5 cm³/mol. The van der Waals surface area contributed by atoms with Crippen molar-refractivity contribution in [3.8, 4) is 0 Å². The fraction of sp³-hybridized carbons (Fsp3) is 1.00. The fourth-order valence-electron chi connectivity index (χ4n) is 3.35. The van der Waals surface area contributed by atoms with Crippen molar-refractivity contribution in [3.63, 3.8) is 0 Å². The lowest BCUT2D eigenvalue weighted by molar-refractivity contribution is 0.157. The highest BCUT2D eigenvalue weighted by molar-refractivity contribution is 7.99. The average molecular weight is 256 g/mol. The second kappa shape index (κ2) is 6.44. The number of nitrogens with two attached hydrogens (primary N) is 1. The quantitative estimate of drug-likeness (QED) is 0.841. The van der Waals surface area contributed by atoms with Crippen LogP contribution in [0.2, 0.25) is 0 Å². The highest BCUT2D eigenvalue weighted by atomic mass is 32.2. The van der Waals surface area contributed by atoms with Gasteiger partial charge in [-0.15, -0.1) is 0 Å². The first-order valence-corrected chi connectivity index (χ1v) is 8.33. The van der Waals surface area contributed by atoms with Crippen LogP contribution in [0.15, 0.2) is 0 Å². The molecule has 4 atom stereocenters. The van der Waals surface area contributed by atoms with Crippen LogP contribution in [0.4, 0.5) is 0 Å². The van der Waals surface area contributed by atoms with Crippen LogP contribution in [0, 0.1) is 11.8 Å². The number of nitrogens with zero attached hydrogens (tertiary/aromatic N) is 1. The minimum absolute atomic E-state index is 0.461. The summed E-state index contributed by atoms with van der Waals surface area (Å²) >= 11 is 2.12. The minimum Gasteiger partial charge on any atom is -0.327 e. The monoisotopic (exact) mass is 256 g/mol. The van der Waals surface area contributed by atoms with Crippen LogP contribution in [-0.4, -0.2) is 41.6 Å². The van der Waals surface area contributed by atoms with Crippen molar-refractivity contribution in [2.75, 3.05) is 25.4 Å². The molecular formula is C14H28N2S. The van der Waals surface area contributed by atoms with E-state index in [-0.39, 0.29) is 0 Å². The summed E-state index contributed by atoms with van der Waals surface area (Å²) in [5, 5.41) is 0.811. The molecule has 0 spiro atoms. The molecule has 17 heavy (non-hydrogen) atoms. The van der Waals surface area contributed by atoms with E-state index in [4.69, 9.17) is 5.73 Å². The zero-order chi connectivity index (χ0) is 12.3. The summed E-state index contributed by atoms with van der Waals surface area (Å²) in [6, 6.07) is 0.461. The first-order chi connectivity index (χ1) is 8.19. The van der Waals surface area contributed by atoms with Gasteiger partial charge in [0.25, 0.3) is 0 Å². The predicted octanol–water partition coefficient (Wildman–Crippen LogP) is 2.58. The third-order valence-electron chi connectivity index (χ3n) is 4.55.